The van der Waals surface area contributed by atoms with Crippen LogP contribution in [0.4, 0.5) is 5.69 Å². The minimum atomic E-state index is -0.404. The summed E-state index contributed by atoms with van der Waals surface area (Å²) in [4.78, 5) is 26.6. The summed E-state index contributed by atoms with van der Waals surface area (Å²) in [6.45, 7) is 0.784. The lowest BCUT2D eigenvalue weighted by Crippen LogP contribution is -2.36. The first kappa shape index (κ1) is 14.3. The lowest BCUT2D eigenvalue weighted by atomic mass is 9.73. The van der Waals surface area contributed by atoms with E-state index in [4.69, 9.17) is 0 Å². The standard InChI is InChI=1S/C17H22N2O2/c1-18-12-13-5-7-14(8-6-13)19-15(20)11-17(16(19)21)9-3-2-4-10-17/h5-8,18H,2-4,9-12H2,1H3. The Morgan fingerprint density at radius 3 is 2.38 bits per heavy atom. The maximum Gasteiger partial charge on any atom is 0.240 e. The highest BCUT2D eigenvalue weighted by atomic mass is 16.2. The van der Waals surface area contributed by atoms with Crippen molar-refractivity contribution in [3.63, 3.8) is 0 Å². The van der Waals surface area contributed by atoms with E-state index in [2.05, 4.69) is 5.32 Å². The summed E-state index contributed by atoms with van der Waals surface area (Å²) >= 11 is 0. The fourth-order valence-corrected chi connectivity index (χ4v) is 3.64. The molecule has 4 heteroatoms. The number of hydrogen-bond donors (Lipinski definition) is 1. The highest BCUT2D eigenvalue weighted by molar-refractivity contribution is 6.22. The zero-order chi connectivity index (χ0) is 14.9. The van der Waals surface area contributed by atoms with Crippen molar-refractivity contribution >= 4 is 17.5 Å². The van der Waals surface area contributed by atoms with Gasteiger partial charge in [-0.15, -0.1) is 0 Å². The van der Waals surface area contributed by atoms with E-state index in [1.54, 1.807) is 0 Å². The molecule has 0 bridgehead atoms. The minimum Gasteiger partial charge on any atom is -0.316 e. The van der Waals surface area contributed by atoms with Gasteiger partial charge in [-0.3, -0.25) is 14.5 Å². The fourth-order valence-electron chi connectivity index (χ4n) is 3.64. The second-order valence-electron chi connectivity index (χ2n) is 6.25. The van der Waals surface area contributed by atoms with Crippen molar-refractivity contribution in [3.8, 4) is 0 Å². The van der Waals surface area contributed by atoms with Gasteiger partial charge in [-0.2, -0.15) is 0 Å². The molecular weight excluding hydrogens is 264 g/mol. The molecule has 1 aliphatic heterocycles. The van der Waals surface area contributed by atoms with Crippen LogP contribution in [-0.4, -0.2) is 18.9 Å². The number of rotatable bonds is 3. The van der Waals surface area contributed by atoms with Crippen LogP contribution in [0.2, 0.25) is 0 Å². The molecule has 2 aliphatic rings. The van der Waals surface area contributed by atoms with E-state index in [-0.39, 0.29) is 11.8 Å². The van der Waals surface area contributed by atoms with Gasteiger partial charge in [0.1, 0.15) is 0 Å². The Bertz CT molecular complexity index is 544. The SMILES string of the molecule is CNCc1ccc(N2C(=O)CC3(CCCCC3)C2=O)cc1. The summed E-state index contributed by atoms with van der Waals surface area (Å²) in [7, 11) is 1.90. The first-order chi connectivity index (χ1) is 10.2. The molecule has 1 spiro atoms. The number of imide groups is 1. The average molecular weight is 286 g/mol. The molecule has 1 N–H and O–H groups in total. The molecule has 3 rings (SSSR count). The topological polar surface area (TPSA) is 49.4 Å². The fraction of sp³-hybridized carbons (Fsp3) is 0.529. The molecule has 0 radical (unpaired) electrons. The van der Waals surface area contributed by atoms with Crippen molar-refractivity contribution in [1.82, 2.24) is 5.32 Å². The predicted molar refractivity (Wildman–Crippen MR) is 81.8 cm³/mol. The molecule has 0 atom stereocenters. The minimum absolute atomic E-state index is 0.0218. The molecule has 1 heterocycles. The van der Waals surface area contributed by atoms with Crippen LogP contribution in [0.1, 0.15) is 44.1 Å². The summed E-state index contributed by atoms with van der Waals surface area (Å²) in [6.07, 6.45) is 5.44. The van der Waals surface area contributed by atoms with Crippen molar-refractivity contribution in [2.24, 2.45) is 5.41 Å². The number of hydrogen-bond acceptors (Lipinski definition) is 3. The molecule has 2 fully saturated rings. The van der Waals surface area contributed by atoms with Crippen LogP contribution in [0.5, 0.6) is 0 Å². The molecule has 4 nitrogen and oxygen atoms in total. The third-order valence-electron chi connectivity index (χ3n) is 4.78. The van der Waals surface area contributed by atoms with E-state index in [1.165, 1.54) is 11.3 Å². The van der Waals surface area contributed by atoms with Crippen LogP contribution in [0.25, 0.3) is 0 Å². The monoisotopic (exact) mass is 286 g/mol. The summed E-state index contributed by atoms with van der Waals surface area (Å²) in [6, 6.07) is 7.70. The van der Waals surface area contributed by atoms with Crippen LogP contribution in [0, 0.1) is 5.41 Å². The van der Waals surface area contributed by atoms with Crippen molar-refractivity contribution in [2.75, 3.05) is 11.9 Å². The number of nitrogens with zero attached hydrogens (tertiary/aromatic N) is 1. The van der Waals surface area contributed by atoms with Crippen LogP contribution in [-0.2, 0) is 16.1 Å². The van der Waals surface area contributed by atoms with Crippen molar-refractivity contribution in [2.45, 2.75) is 45.1 Å². The summed E-state index contributed by atoms with van der Waals surface area (Å²) in [5, 5.41) is 3.09. The lowest BCUT2D eigenvalue weighted by molar-refractivity contribution is -0.127. The van der Waals surface area contributed by atoms with Gasteiger partial charge in [-0.1, -0.05) is 31.4 Å². The van der Waals surface area contributed by atoms with Crippen molar-refractivity contribution in [1.29, 1.82) is 0 Å². The molecule has 21 heavy (non-hydrogen) atoms. The molecule has 1 saturated carbocycles. The maximum absolute atomic E-state index is 12.8. The van der Waals surface area contributed by atoms with Gasteiger partial charge in [0.25, 0.3) is 0 Å². The van der Waals surface area contributed by atoms with Gasteiger partial charge in [0.05, 0.1) is 11.1 Å². The molecule has 1 aliphatic carbocycles. The molecule has 1 aromatic rings. The number of carbonyl (C=O) groups is 2. The van der Waals surface area contributed by atoms with E-state index in [9.17, 15) is 9.59 Å². The normalized spacial score (nSPS) is 21.3. The Labute approximate surface area is 125 Å². The van der Waals surface area contributed by atoms with Crippen LogP contribution >= 0.6 is 0 Å². The summed E-state index contributed by atoms with van der Waals surface area (Å²) < 4.78 is 0. The van der Waals surface area contributed by atoms with E-state index in [0.717, 1.165) is 37.8 Å². The van der Waals surface area contributed by atoms with Crippen molar-refractivity contribution < 1.29 is 9.59 Å². The number of benzene rings is 1. The van der Waals surface area contributed by atoms with E-state index in [1.807, 2.05) is 31.3 Å². The zero-order valence-corrected chi connectivity index (χ0v) is 12.5. The van der Waals surface area contributed by atoms with Gasteiger partial charge in [0.2, 0.25) is 11.8 Å². The number of anilines is 1. The molecule has 0 unspecified atom stereocenters. The molecule has 0 aromatic heterocycles. The van der Waals surface area contributed by atoms with Crippen molar-refractivity contribution in [3.05, 3.63) is 29.8 Å². The number of carbonyl (C=O) groups excluding carboxylic acids is 2. The highest BCUT2D eigenvalue weighted by Crippen LogP contribution is 2.46. The number of nitrogens with one attached hydrogen (secondary N) is 1. The van der Waals surface area contributed by atoms with E-state index >= 15 is 0 Å². The third kappa shape index (κ3) is 2.48. The maximum atomic E-state index is 12.8. The smallest absolute Gasteiger partial charge is 0.240 e. The zero-order valence-electron chi connectivity index (χ0n) is 12.5. The Morgan fingerprint density at radius 2 is 1.76 bits per heavy atom. The van der Waals surface area contributed by atoms with Gasteiger partial charge in [-0.05, 0) is 37.6 Å². The lowest BCUT2D eigenvalue weighted by Gasteiger charge is -2.30. The Kier molecular flexibility index (Phi) is 3.81. The number of amides is 2. The van der Waals surface area contributed by atoms with Gasteiger partial charge in [-0.25, -0.2) is 0 Å². The molecule has 1 saturated heterocycles. The Balaban J connectivity index is 1.84. The molecule has 112 valence electrons. The van der Waals surface area contributed by atoms with E-state index in [0.29, 0.717) is 12.1 Å². The Hall–Kier alpha value is -1.68. The molecule has 2 amide bonds. The first-order valence-corrected chi connectivity index (χ1v) is 7.77. The van der Waals surface area contributed by atoms with Gasteiger partial charge >= 0.3 is 0 Å². The summed E-state index contributed by atoms with van der Waals surface area (Å²) in [5.41, 5.74) is 1.46. The van der Waals surface area contributed by atoms with Crippen LogP contribution in [0.3, 0.4) is 0 Å². The first-order valence-electron chi connectivity index (χ1n) is 7.77. The molecular formula is C17H22N2O2. The van der Waals surface area contributed by atoms with Crippen LogP contribution in [0.15, 0.2) is 24.3 Å². The van der Waals surface area contributed by atoms with Crippen LogP contribution < -0.4 is 10.2 Å². The van der Waals surface area contributed by atoms with Gasteiger partial charge in [0, 0.05) is 13.0 Å². The van der Waals surface area contributed by atoms with Gasteiger partial charge in [0.15, 0.2) is 0 Å². The average Bonchev–Trinajstić information content (AvgIpc) is 2.72. The second-order valence-corrected chi connectivity index (χ2v) is 6.25. The molecule has 1 aromatic carbocycles. The Morgan fingerprint density at radius 1 is 1.10 bits per heavy atom. The largest absolute Gasteiger partial charge is 0.316 e. The highest BCUT2D eigenvalue weighted by Gasteiger charge is 2.51. The van der Waals surface area contributed by atoms with E-state index < -0.39 is 5.41 Å². The third-order valence-corrected chi connectivity index (χ3v) is 4.78. The second kappa shape index (κ2) is 5.60. The predicted octanol–water partition coefficient (Wildman–Crippen LogP) is 2.62. The quantitative estimate of drug-likeness (QED) is 0.869. The summed E-state index contributed by atoms with van der Waals surface area (Å²) in [5.74, 6) is -0.0168. The van der Waals surface area contributed by atoms with Gasteiger partial charge < -0.3 is 5.32 Å².